The summed E-state index contributed by atoms with van der Waals surface area (Å²) in [5, 5.41) is 5.55. The summed E-state index contributed by atoms with van der Waals surface area (Å²) in [6.45, 7) is 52.3. The summed E-state index contributed by atoms with van der Waals surface area (Å²) in [4.78, 5) is 67.8. The fourth-order valence-corrected chi connectivity index (χ4v) is 16.6. The number of nitrogens with one attached hydrogen (secondary N) is 2. The molecule has 752 valence electrons. The number of benzene rings is 11. The van der Waals surface area contributed by atoms with Crippen LogP contribution in [0.25, 0.3) is 0 Å². The van der Waals surface area contributed by atoms with Crippen LogP contribution >= 0.6 is 0 Å². The van der Waals surface area contributed by atoms with Crippen molar-refractivity contribution in [3.63, 3.8) is 0 Å². The Morgan fingerprint density at radius 2 is 0.568 bits per heavy atom. The highest BCUT2D eigenvalue weighted by atomic mass is 32.2. The molecule has 0 saturated heterocycles. The first-order valence-corrected chi connectivity index (χ1v) is 53.3. The molecule has 11 rings (SSSR count). The van der Waals surface area contributed by atoms with Gasteiger partial charge in [0, 0.05) is 70.2 Å². The summed E-state index contributed by atoms with van der Waals surface area (Å²) in [5.74, 6) is 7.28. The van der Waals surface area contributed by atoms with Gasteiger partial charge in [-0.05, 0) is 240 Å². The highest BCUT2D eigenvalue weighted by Crippen LogP contribution is 2.22. The average molecular weight is 1900 g/mol. The second kappa shape index (κ2) is 70.6. The first-order chi connectivity index (χ1) is 66.1. The van der Waals surface area contributed by atoms with Crippen LogP contribution in [0.3, 0.4) is 0 Å². The van der Waals surface area contributed by atoms with E-state index in [1.807, 2.05) is 122 Å². The van der Waals surface area contributed by atoms with E-state index >= 15 is 0 Å². The maximum absolute atomic E-state index is 12.3. The smallest absolute Gasteiger partial charge is 0.217 e. The van der Waals surface area contributed by atoms with Gasteiger partial charge in [-0.1, -0.05) is 436 Å². The fourth-order valence-electron chi connectivity index (χ4n) is 15.2. The maximum Gasteiger partial charge on any atom is 0.217 e. The third kappa shape index (κ3) is 61.2. The average Bonchev–Trinajstić information content (AvgIpc) is 0.830. The molecular formula is C128H176N2O8S. The van der Waals surface area contributed by atoms with Gasteiger partial charge in [0.15, 0.2) is 21.4 Å². The van der Waals surface area contributed by atoms with Gasteiger partial charge in [0.05, 0.1) is 10.6 Å². The molecule has 0 aliphatic rings. The van der Waals surface area contributed by atoms with Gasteiger partial charge in [0.1, 0.15) is 11.6 Å². The van der Waals surface area contributed by atoms with Crippen molar-refractivity contribution < 1.29 is 37.2 Å². The van der Waals surface area contributed by atoms with Crippen molar-refractivity contribution in [1.29, 1.82) is 0 Å². The molecule has 0 saturated carbocycles. The molecule has 0 atom stereocenters. The Balaban J connectivity index is 0.000000406. The summed E-state index contributed by atoms with van der Waals surface area (Å²) in [6, 6.07) is 95.5. The summed E-state index contributed by atoms with van der Waals surface area (Å²) in [7, 11) is -3.25. The van der Waals surface area contributed by atoms with Gasteiger partial charge in [0.25, 0.3) is 0 Å². The number of hydrogen-bond acceptors (Lipinski definition) is 8. The minimum Gasteiger partial charge on any atom is -0.356 e. The Morgan fingerprint density at radius 1 is 0.273 bits per heavy atom. The van der Waals surface area contributed by atoms with Crippen LogP contribution in [0, 0.1) is 60.2 Å². The monoisotopic (exact) mass is 1900 g/mol. The van der Waals surface area contributed by atoms with Gasteiger partial charge in [0.2, 0.25) is 11.8 Å². The van der Waals surface area contributed by atoms with E-state index < -0.39 is 9.84 Å². The van der Waals surface area contributed by atoms with Crippen molar-refractivity contribution in [1.82, 2.24) is 10.6 Å². The summed E-state index contributed by atoms with van der Waals surface area (Å²) >= 11 is 0. The molecule has 0 heterocycles. The predicted octanol–water partition coefficient (Wildman–Crippen LogP) is 31.2. The quantitative estimate of drug-likeness (QED) is 0.0283. The van der Waals surface area contributed by atoms with E-state index in [1.54, 1.807) is 38.1 Å². The van der Waals surface area contributed by atoms with Gasteiger partial charge < -0.3 is 10.6 Å². The Hall–Kier alpha value is -11.0. The molecule has 11 heteroatoms. The second-order valence-electron chi connectivity index (χ2n) is 41.1. The molecule has 0 radical (unpaired) electrons. The van der Waals surface area contributed by atoms with Gasteiger partial charge in [-0.2, -0.15) is 0 Å². The number of unbranched alkanes of at least 4 members (excludes halogenated alkanes) is 3. The maximum atomic E-state index is 12.3. The highest BCUT2D eigenvalue weighted by Gasteiger charge is 2.16. The Morgan fingerprint density at radius 3 is 0.899 bits per heavy atom. The molecule has 139 heavy (non-hydrogen) atoms. The number of Topliss-reactive ketones (excluding diaryl/α,β-unsaturated/α-hetero) is 4. The molecule has 11 aromatic carbocycles. The molecule has 0 aliphatic carbocycles. The summed E-state index contributed by atoms with van der Waals surface area (Å²) in [6.07, 6.45) is 20.6. The largest absolute Gasteiger partial charge is 0.356 e. The van der Waals surface area contributed by atoms with Crippen LogP contribution in [0.4, 0.5) is 0 Å². The molecule has 2 amide bonds. The predicted molar refractivity (Wildman–Crippen MR) is 592 cm³/mol. The normalized spacial score (nSPS) is 10.8. The standard InChI is InChI=1S/C19H22O.C18H20O.C17H20O2S.C16H26.C14H20O.C13H19NO.C12H16O.C11H16.C8H17NO/c1-15(2)12-17-8-10-18(11-9-17)14-19(20)13-16-6-4-3-5-7-16;1-14(2)12-15-8-10-16(11-9-15)13-18(19)17-6-4-3-5-7-17;1-14(2)12-15-8-10-16(11-9-15)13-20(18,19)17-6-4-3-5-7-17;1-4-5-6-7-8-15-9-11-16(12-10-15)13-14(2)3;1-4-14(15)10-13-7-5-12(6-8-13)9-11(2)3;1-10(2)8-12-4-6-13(7-5-12)9-14-11(3)15;1-9(2)8-11-4-6-12(7-5-11)10(3)13;1-9(2)8-11-6-4-10(3)5-7-11;1-7(2)5-4-6-9-8(3)10/h3-11,15H,12-14H2,1-2H3;3-11,14H,12-13H2,1-2H3;3-11,14H,12-13H2,1-2H3;9-12,14H,4-8,13H2,1-3H3;5-8,11H,4,9-10H2,1-3H3;4-7,10H,8-9H2,1-3H3,(H,14,15);4-7,9H,8H2,1-3H3;4-7,9H,8H2,1-3H3;7H,4-6H2,1-3H3,(H,9,10). The molecule has 0 spiro atoms. The molecule has 2 N–H and O–H groups in total. The van der Waals surface area contributed by atoms with Crippen LogP contribution in [-0.2, 0) is 125 Å². The highest BCUT2D eigenvalue weighted by molar-refractivity contribution is 7.90. The number of ketones is 4. The topological polar surface area (TPSA) is 161 Å². The van der Waals surface area contributed by atoms with Crippen molar-refractivity contribution >= 4 is 44.8 Å². The number of amides is 2. The Labute approximate surface area is 843 Å². The van der Waals surface area contributed by atoms with E-state index in [1.165, 1.54) is 114 Å². The third-order valence-corrected chi connectivity index (χ3v) is 24.0. The zero-order valence-corrected chi connectivity index (χ0v) is 90.6. The molecule has 10 nitrogen and oxygen atoms in total. The van der Waals surface area contributed by atoms with Crippen LogP contribution in [0.1, 0.15) is 314 Å². The van der Waals surface area contributed by atoms with Crippen molar-refractivity contribution in [2.45, 2.75) is 312 Å². The molecule has 0 aromatic heterocycles. The molecule has 11 aromatic rings. The zero-order chi connectivity index (χ0) is 103. The lowest BCUT2D eigenvalue weighted by Crippen LogP contribution is -2.21. The van der Waals surface area contributed by atoms with Crippen LogP contribution in [0.15, 0.2) is 290 Å². The number of rotatable bonds is 41. The first kappa shape index (κ1) is 122. The van der Waals surface area contributed by atoms with Crippen molar-refractivity contribution in [2.75, 3.05) is 6.54 Å². The summed E-state index contributed by atoms with van der Waals surface area (Å²) in [5.41, 5.74) is 21.7. The van der Waals surface area contributed by atoms with Gasteiger partial charge in [-0.25, -0.2) is 8.42 Å². The SMILES string of the molecule is CC(=O)NCCCC(C)C.CC(=O)NCc1ccc(CC(C)C)cc1.CC(=O)c1ccc(CC(C)C)cc1.CC(C)Cc1ccc(CC(=O)Cc2ccccc2)cc1.CC(C)Cc1ccc(CC(=O)c2ccccc2)cc1.CC(C)Cc1ccc(CS(=O)(=O)c2ccccc2)cc1.CCC(=O)Cc1ccc(CC(C)C)cc1.CCCCCCc1ccc(CC(C)C)cc1.Cc1ccc(CC(C)C)cc1. The lowest BCUT2D eigenvalue weighted by molar-refractivity contribution is -0.119. The van der Waals surface area contributed by atoms with Crippen LogP contribution in [0.5, 0.6) is 0 Å². The fraction of sp³-hybridized carbons (Fsp3) is 0.438. The minimum atomic E-state index is -3.25. The van der Waals surface area contributed by atoms with E-state index in [2.05, 4.69) is 295 Å². The number of carbonyl (C=O) groups excluding carboxylic acids is 6. The van der Waals surface area contributed by atoms with Gasteiger partial charge in [-0.3, -0.25) is 28.8 Å². The van der Waals surface area contributed by atoms with E-state index in [9.17, 15) is 37.2 Å². The van der Waals surface area contributed by atoms with Crippen LogP contribution in [0.2, 0.25) is 0 Å². The molecule has 0 fully saturated rings. The second-order valence-corrected chi connectivity index (χ2v) is 43.1. The van der Waals surface area contributed by atoms with E-state index in [4.69, 9.17) is 0 Å². The van der Waals surface area contributed by atoms with E-state index in [0.29, 0.717) is 84.8 Å². The number of hydrogen-bond donors (Lipinski definition) is 2. The molecule has 0 aliphatic heterocycles. The zero-order valence-electron chi connectivity index (χ0n) is 89.8. The van der Waals surface area contributed by atoms with Gasteiger partial charge >= 0.3 is 0 Å². The van der Waals surface area contributed by atoms with Crippen molar-refractivity contribution in [2.24, 2.45) is 53.3 Å². The molecular weight excluding hydrogens is 1730 g/mol. The lowest BCUT2D eigenvalue weighted by atomic mass is 9.99. The Bertz CT molecular complexity index is 5230. The van der Waals surface area contributed by atoms with Crippen LogP contribution in [-0.4, -0.2) is 49.9 Å². The molecule has 0 bridgehead atoms. The van der Waals surface area contributed by atoms with Crippen molar-refractivity contribution in [3.8, 4) is 0 Å². The number of sulfone groups is 1. The van der Waals surface area contributed by atoms with Gasteiger partial charge in [-0.15, -0.1) is 0 Å². The van der Waals surface area contributed by atoms with Crippen LogP contribution < -0.4 is 10.6 Å². The minimum absolute atomic E-state index is 0.0151. The molecule has 0 unspecified atom stereocenters. The van der Waals surface area contributed by atoms with Crippen molar-refractivity contribution in [3.05, 3.63) is 385 Å². The number of aryl methyl sites for hydroxylation is 2. The summed E-state index contributed by atoms with van der Waals surface area (Å²) < 4.78 is 24.5. The lowest BCUT2D eigenvalue weighted by Gasteiger charge is -2.07. The van der Waals surface area contributed by atoms with E-state index in [-0.39, 0.29) is 34.9 Å². The first-order valence-electron chi connectivity index (χ1n) is 51.6. The third-order valence-electron chi connectivity index (χ3n) is 22.3. The Kier molecular flexibility index (Phi) is 62.0. The number of carbonyl (C=O) groups is 6. The van der Waals surface area contributed by atoms with E-state index in [0.717, 1.165) is 114 Å².